The van der Waals surface area contributed by atoms with E-state index in [-0.39, 0.29) is 0 Å². The lowest BCUT2D eigenvalue weighted by Crippen LogP contribution is -2.29. The first kappa shape index (κ1) is 12.2. The first-order valence-corrected chi connectivity index (χ1v) is 7.17. The number of aromatic nitrogens is 1. The van der Waals surface area contributed by atoms with E-state index in [1.165, 1.54) is 0 Å². The molecule has 19 heavy (non-hydrogen) atoms. The van der Waals surface area contributed by atoms with E-state index in [0.717, 1.165) is 42.9 Å². The normalized spacial score (nSPS) is 14.2. The number of benzene rings is 1. The van der Waals surface area contributed by atoms with E-state index in [2.05, 4.69) is 9.88 Å². The van der Waals surface area contributed by atoms with Crippen LogP contribution in [0, 0.1) is 0 Å². The van der Waals surface area contributed by atoms with Gasteiger partial charge in [0.1, 0.15) is 0 Å². The molecule has 98 valence electrons. The molecule has 0 fully saturated rings. The number of carboxylic acid groups (broad SMARTS) is 1. The molecule has 1 aliphatic heterocycles. The SMILES string of the molecule is O=C(O)c1cccc2c1CCCN2Cc1cscn1. The summed E-state index contributed by atoms with van der Waals surface area (Å²) >= 11 is 1.59. The summed E-state index contributed by atoms with van der Waals surface area (Å²) in [4.78, 5) is 17.8. The number of aromatic carboxylic acids is 1. The molecule has 2 aromatic rings. The minimum absolute atomic E-state index is 0.431. The topological polar surface area (TPSA) is 53.4 Å². The Kier molecular flexibility index (Phi) is 3.21. The van der Waals surface area contributed by atoms with Crippen LogP contribution in [0.5, 0.6) is 0 Å². The predicted molar refractivity (Wildman–Crippen MR) is 74.9 cm³/mol. The van der Waals surface area contributed by atoms with Gasteiger partial charge < -0.3 is 10.0 Å². The molecule has 1 aliphatic rings. The highest BCUT2D eigenvalue weighted by Gasteiger charge is 2.22. The molecule has 0 spiro atoms. The fourth-order valence-corrected chi connectivity index (χ4v) is 3.13. The Labute approximate surface area is 115 Å². The van der Waals surface area contributed by atoms with Gasteiger partial charge in [0.2, 0.25) is 0 Å². The third-order valence-electron chi connectivity index (χ3n) is 3.41. The Morgan fingerprint density at radius 2 is 2.37 bits per heavy atom. The van der Waals surface area contributed by atoms with Gasteiger partial charge in [-0.15, -0.1) is 11.3 Å². The van der Waals surface area contributed by atoms with Crippen molar-refractivity contribution in [1.29, 1.82) is 0 Å². The molecule has 0 unspecified atom stereocenters. The van der Waals surface area contributed by atoms with Crippen molar-refractivity contribution in [3.8, 4) is 0 Å². The molecular formula is C14H14N2O2S. The largest absolute Gasteiger partial charge is 0.478 e. The Hall–Kier alpha value is -1.88. The summed E-state index contributed by atoms with van der Waals surface area (Å²) in [6, 6.07) is 5.52. The van der Waals surface area contributed by atoms with Crippen molar-refractivity contribution in [3.63, 3.8) is 0 Å². The molecule has 0 saturated carbocycles. The number of carboxylic acids is 1. The maximum absolute atomic E-state index is 11.3. The van der Waals surface area contributed by atoms with Gasteiger partial charge in [0, 0.05) is 17.6 Å². The number of rotatable bonds is 3. The minimum atomic E-state index is -0.840. The summed E-state index contributed by atoms with van der Waals surface area (Å²) in [7, 11) is 0. The molecule has 0 bridgehead atoms. The average Bonchev–Trinajstić information content (AvgIpc) is 2.91. The second-order valence-corrected chi connectivity index (χ2v) is 5.33. The predicted octanol–water partition coefficient (Wildman–Crippen LogP) is 2.79. The summed E-state index contributed by atoms with van der Waals surface area (Å²) in [5.41, 5.74) is 5.29. The zero-order valence-corrected chi connectivity index (χ0v) is 11.2. The summed E-state index contributed by atoms with van der Waals surface area (Å²) in [5.74, 6) is -0.840. The molecule has 1 N–H and O–H groups in total. The maximum atomic E-state index is 11.3. The molecule has 1 aromatic heterocycles. The standard InChI is InChI=1S/C14H14N2O2S/c17-14(18)12-3-1-5-13-11(12)4-2-6-16(13)7-10-8-19-9-15-10/h1,3,5,8-9H,2,4,6-7H2,(H,17,18). The van der Waals surface area contributed by atoms with Crippen LogP contribution in [-0.2, 0) is 13.0 Å². The lowest BCUT2D eigenvalue weighted by atomic mass is 9.96. The van der Waals surface area contributed by atoms with Crippen LogP contribution in [0.4, 0.5) is 5.69 Å². The number of fused-ring (bicyclic) bond motifs is 1. The Morgan fingerprint density at radius 1 is 1.47 bits per heavy atom. The average molecular weight is 274 g/mol. The van der Waals surface area contributed by atoms with Crippen LogP contribution >= 0.6 is 11.3 Å². The first-order valence-electron chi connectivity index (χ1n) is 6.23. The van der Waals surface area contributed by atoms with Crippen molar-refractivity contribution in [3.05, 3.63) is 45.9 Å². The molecule has 5 heteroatoms. The Balaban J connectivity index is 1.96. The molecule has 4 nitrogen and oxygen atoms in total. The zero-order valence-electron chi connectivity index (χ0n) is 10.4. The van der Waals surface area contributed by atoms with Crippen molar-refractivity contribution < 1.29 is 9.90 Å². The quantitative estimate of drug-likeness (QED) is 0.935. The summed E-state index contributed by atoms with van der Waals surface area (Å²) in [6.45, 7) is 1.70. The van der Waals surface area contributed by atoms with E-state index in [1.807, 2.05) is 23.0 Å². The maximum Gasteiger partial charge on any atom is 0.336 e. The van der Waals surface area contributed by atoms with Crippen LogP contribution in [0.25, 0.3) is 0 Å². The molecule has 3 rings (SSSR count). The highest BCUT2D eigenvalue weighted by molar-refractivity contribution is 7.07. The molecule has 0 aliphatic carbocycles. The summed E-state index contributed by atoms with van der Waals surface area (Å²) < 4.78 is 0. The van der Waals surface area contributed by atoms with E-state index in [4.69, 9.17) is 0 Å². The number of hydrogen-bond donors (Lipinski definition) is 1. The van der Waals surface area contributed by atoms with Crippen LogP contribution < -0.4 is 4.90 Å². The van der Waals surface area contributed by atoms with Crippen molar-refractivity contribution in [2.75, 3.05) is 11.4 Å². The third-order valence-corrected chi connectivity index (χ3v) is 4.05. The van der Waals surface area contributed by atoms with Gasteiger partial charge in [-0.2, -0.15) is 0 Å². The van der Waals surface area contributed by atoms with E-state index in [0.29, 0.717) is 5.56 Å². The fourth-order valence-electron chi connectivity index (χ4n) is 2.58. The number of hydrogen-bond acceptors (Lipinski definition) is 4. The van der Waals surface area contributed by atoms with Gasteiger partial charge in [0.25, 0.3) is 0 Å². The van der Waals surface area contributed by atoms with Gasteiger partial charge in [-0.1, -0.05) is 6.07 Å². The van der Waals surface area contributed by atoms with E-state index in [1.54, 1.807) is 17.4 Å². The van der Waals surface area contributed by atoms with E-state index in [9.17, 15) is 9.90 Å². The summed E-state index contributed by atoms with van der Waals surface area (Å²) in [6.07, 6.45) is 1.83. The van der Waals surface area contributed by atoms with Crippen LogP contribution in [0.3, 0.4) is 0 Å². The highest BCUT2D eigenvalue weighted by Crippen LogP contribution is 2.31. The molecular weight excluding hydrogens is 260 g/mol. The van der Waals surface area contributed by atoms with Crippen molar-refractivity contribution in [1.82, 2.24) is 4.98 Å². The van der Waals surface area contributed by atoms with Crippen molar-refractivity contribution in [2.45, 2.75) is 19.4 Å². The van der Waals surface area contributed by atoms with Gasteiger partial charge in [0.05, 0.1) is 23.3 Å². The monoisotopic (exact) mass is 274 g/mol. The second kappa shape index (κ2) is 5.01. The zero-order chi connectivity index (χ0) is 13.2. The van der Waals surface area contributed by atoms with Gasteiger partial charge in [-0.25, -0.2) is 9.78 Å². The minimum Gasteiger partial charge on any atom is -0.478 e. The lowest BCUT2D eigenvalue weighted by Gasteiger charge is -2.31. The van der Waals surface area contributed by atoms with Gasteiger partial charge in [-0.3, -0.25) is 0 Å². The Bertz CT molecular complexity index is 595. The lowest BCUT2D eigenvalue weighted by molar-refractivity contribution is 0.0695. The van der Waals surface area contributed by atoms with Crippen LogP contribution in [-0.4, -0.2) is 22.6 Å². The number of nitrogens with zero attached hydrogens (tertiary/aromatic N) is 2. The molecule has 1 aromatic carbocycles. The van der Waals surface area contributed by atoms with E-state index < -0.39 is 5.97 Å². The Morgan fingerprint density at radius 3 is 3.11 bits per heavy atom. The third kappa shape index (κ3) is 2.33. The number of thiazole rings is 1. The van der Waals surface area contributed by atoms with Crippen molar-refractivity contribution in [2.24, 2.45) is 0 Å². The van der Waals surface area contributed by atoms with Gasteiger partial charge in [0.15, 0.2) is 0 Å². The molecule has 0 amide bonds. The molecule has 0 radical (unpaired) electrons. The van der Waals surface area contributed by atoms with Crippen molar-refractivity contribution >= 4 is 23.0 Å². The molecule has 0 saturated heterocycles. The summed E-state index contributed by atoms with van der Waals surface area (Å²) in [5, 5.41) is 11.3. The number of carbonyl (C=O) groups is 1. The highest BCUT2D eigenvalue weighted by atomic mass is 32.1. The first-order chi connectivity index (χ1) is 9.25. The van der Waals surface area contributed by atoms with E-state index >= 15 is 0 Å². The second-order valence-electron chi connectivity index (χ2n) is 4.61. The van der Waals surface area contributed by atoms with Gasteiger partial charge >= 0.3 is 5.97 Å². The number of anilines is 1. The van der Waals surface area contributed by atoms with Crippen LogP contribution in [0.2, 0.25) is 0 Å². The molecule has 2 heterocycles. The fraction of sp³-hybridized carbons (Fsp3) is 0.286. The smallest absolute Gasteiger partial charge is 0.336 e. The molecule has 0 atom stereocenters. The van der Waals surface area contributed by atoms with Crippen LogP contribution in [0.15, 0.2) is 29.1 Å². The van der Waals surface area contributed by atoms with Crippen LogP contribution in [0.1, 0.15) is 28.0 Å². The van der Waals surface area contributed by atoms with Gasteiger partial charge in [-0.05, 0) is 30.5 Å².